The Hall–Kier alpha value is -1.98. The van der Waals surface area contributed by atoms with E-state index >= 15 is 0 Å². The molecule has 1 aromatic rings. The van der Waals surface area contributed by atoms with E-state index in [2.05, 4.69) is 0 Å². The molecule has 0 bridgehead atoms. The van der Waals surface area contributed by atoms with E-state index in [0.717, 1.165) is 6.07 Å². The van der Waals surface area contributed by atoms with Crippen LogP contribution in [0.5, 0.6) is 0 Å². The smallest absolute Gasteiger partial charge is 0.272 e. The third-order valence-electron chi connectivity index (χ3n) is 2.39. The van der Waals surface area contributed by atoms with Gasteiger partial charge in [-0.3, -0.25) is 14.9 Å². The Morgan fingerprint density at radius 3 is 2.80 bits per heavy atom. The number of anilines is 1. The lowest BCUT2D eigenvalue weighted by molar-refractivity contribution is -0.385. The van der Waals surface area contributed by atoms with Gasteiger partial charge in [0.2, 0.25) is 5.91 Å². The summed E-state index contributed by atoms with van der Waals surface area (Å²) in [6.45, 7) is 0. The molecule has 0 saturated heterocycles. The average Bonchev–Trinajstić information content (AvgIpc) is 2.42. The molecule has 0 radical (unpaired) electrons. The maximum atomic E-state index is 13.4. The highest BCUT2D eigenvalue weighted by Gasteiger charge is 2.29. The summed E-state index contributed by atoms with van der Waals surface area (Å²) in [4.78, 5) is 22.2. The fourth-order valence-corrected chi connectivity index (χ4v) is 1.66. The van der Waals surface area contributed by atoms with Crippen LogP contribution in [0.3, 0.4) is 0 Å². The second-order valence-corrected chi connectivity index (χ2v) is 3.32. The van der Waals surface area contributed by atoms with Crippen molar-refractivity contribution in [2.24, 2.45) is 0 Å². The minimum Gasteiger partial charge on any atom is -0.312 e. The number of halogens is 1. The summed E-state index contributed by atoms with van der Waals surface area (Å²) in [5.74, 6) is -0.989. The highest BCUT2D eigenvalue weighted by molar-refractivity contribution is 6.01. The Balaban J connectivity index is 2.60. The largest absolute Gasteiger partial charge is 0.312 e. The minimum absolute atomic E-state index is 0.0183. The number of fused-ring (bicyclic) bond motifs is 1. The van der Waals surface area contributed by atoms with Crippen LogP contribution in [-0.2, 0) is 11.2 Å². The van der Waals surface area contributed by atoms with E-state index in [1.807, 2.05) is 0 Å². The van der Waals surface area contributed by atoms with Crippen LogP contribution >= 0.6 is 0 Å². The summed E-state index contributed by atoms with van der Waals surface area (Å²) in [5, 5.41) is 10.5. The number of hydrogen-bond donors (Lipinski definition) is 0. The SMILES string of the molecule is CN1C(=O)Cc2cc([N+](=O)[O-])cc(F)c21. The van der Waals surface area contributed by atoms with E-state index in [4.69, 9.17) is 0 Å². The number of carbonyl (C=O) groups is 1. The number of rotatable bonds is 1. The van der Waals surface area contributed by atoms with Crippen molar-refractivity contribution in [3.63, 3.8) is 0 Å². The first-order chi connectivity index (χ1) is 7.00. The number of amides is 1. The third kappa shape index (κ3) is 1.34. The molecule has 1 heterocycles. The summed E-state index contributed by atoms with van der Waals surface area (Å²) < 4.78 is 13.4. The first-order valence-electron chi connectivity index (χ1n) is 4.24. The highest BCUT2D eigenvalue weighted by Crippen LogP contribution is 2.33. The molecule has 0 saturated carbocycles. The van der Waals surface area contributed by atoms with Crippen LogP contribution in [0.25, 0.3) is 0 Å². The number of nitro benzene ring substituents is 1. The van der Waals surface area contributed by atoms with Gasteiger partial charge in [-0.1, -0.05) is 0 Å². The van der Waals surface area contributed by atoms with E-state index in [0.29, 0.717) is 5.56 Å². The van der Waals surface area contributed by atoms with Crippen LogP contribution in [0.4, 0.5) is 15.8 Å². The zero-order valence-corrected chi connectivity index (χ0v) is 7.86. The minimum atomic E-state index is -0.729. The Morgan fingerprint density at radius 2 is 2.20 bits per heavy atom. The lowest BCUT2D eigenvalue weighted by Crippen LogP contribution is -2.21. The molecule has 0 spiro atoms. The molecule has 15 heavy (non-hydrogen) atoms. The maximum absolute atomic E-state index is 13.4. The molecule has 1 aliphatic rings. The molecule has 0 N–H and O–H groups in total. The van der Waals surface area contributed by atoms with Crippen molar-refractivity contribution >= 4 is 17.3 Å². The van der Waals surface area contributed by atoms with Crippen molar-refractivity contribution in [3.05, 3.63) is 33.6 Å². The molecule has 0 unspecified atom stereocenters. The summed E-state index contributed by atoms with van der Waals surface area (Å²) in [7, 11) is 1.45. The standard InChI is InChI=1S/C9H7FN2O3/c1-11-8(13)3-5-2-6(12(14)15)4-7(10)9(5)11/h2,4H,3H2,1H3. The van der Waals surface area contributed by atoms with E-state index in [9.17, 15) is 19.3 Å². The van der Waals surface area contributed by atoms with Gasteiger partial charge in [0.15, 0.2) is 5.82 Å². The van der Waals surface area contributed by atoms with Crippen LogP contribution in [-0.4, -0.2) is 17.9 Å². The molecule has 1 aromatic carbocycles. The van der Waals surface area contributed by atoms with E-state index < -0.39 is 10.7 Å². The van der Waals surface area contributed by atoms with Crippen molar-refractivity contribution in [3.8, 4) is 0 Å². The second-order valence-electron chi connectivity index (χ2n) is 3.32. The molecule has 1 aliphatic heterocycles. The van der Waals surface area contributed by atoms with Gasteiger partial charge < -0.3 is 4.90 Å². The van der Waals surface area contributed by atoms with Gasteiger partial charge >= 0.3 is 0 Å². The summed E-state index contributed by atoms with van der Waals surface area (Å²) in [6, 6.07) is 2.06. The quantitative estimate of drug-likeness (QED) is 0.517. The molecule has 0 aromatic heterocycles. The molecule has 78 valence electrons. The van der Waals surface area contributed by atoms with Gasteiger partial charge in [0.05, 0.1) is 23.1 Å². The van der Waals surface area contributed by atoms with E-state index in [1.54, 1.807) is 0 Å². The van der Waals surface area contributed by atoms with Crippen LogP contribution in [0.15, 0.2) is 12.1 Å². The lowest BCUT2D eigenvalue weighted by Gasteiger charge is -2.10. The normalized spacial score (nSPS) is 14.3. The predicted molar refractivity (Wildman–Crippen MR) is 50.2 cm³/mol. The molecule has 5 nitrogen and oxygen atoms in total. The monoisotopic (exact) mass is 210 g/mol. The van der Waals surface area contributed by atoms with Crippen LogP contribution < -0.4 is 4.90 Å². The number of benzene rings is 1. The lowest BCUT2D eigenvalue weighted by atomic mass is 10.1. The van der Waals surface area contributed by atoms with Crippen molar-refractivity contribution in [2.45, 2.75) is 6.42 Å². The number of carbonyl (C=O) groups excluding carboxylic acids is 1. The van der Waals surface area contributed by atoms with Crippen molar-refractivity contribution < 1.29 is 14.1 Å². The zero-order valence-electron chi connectivity index (χ0n) is 7.86. The van der Waals surface area contributed by atoms with Gasteiger partial charge in [-0.2, -0.15) is 0 Å². The fourth-order valence-electron chi connectivity index (χ4n) is 1.66. The molecular formula is C9H7FN2O3. The molecule has 1 amide bonds. The van der Waals surface area contributed by atoms with Gasteiger partial charge in [0.1, 0.15) is 0 Å². The second kappa shape index (κ2) is 3.01. The van der Waals surface area contributed by atoms with Crippen LogP contribution in [0, 0.1) is 15.9 Å². The van der Waals surface area contributed by atoms with Crippen LogP contribution in [0.2, 0.25) is 0 Å². The molecule has 2 rings (SSSR count). The number of hydrogen-bond acceptors (Lipinski definition) is 3. The van der Waals surface area contributed by atoms with Crippen molar-refractivity contribution in [1.82, 2.24) is 0 Å². The molecule has 0 atom stereocenters. The first kappa shape index (κ1) is 9.57. The van der Waals surface area contributed by atoms with Gasteiger partial charge in [-0.15, -0.1) is 0 Å². The number of likely N-dealkylation sites (N-methyl/N-ethyl adjacent to an activating group) is 1. The Bertz CT molecular complexity index is 473. The Morgan fingerprint density at radius 1 is 1.53 bits per heavy atom. The fraction of sp³-hybridized carbons (Fsp3) is 0.222. The van der Waals surface area contributed by atoms with Gasteiger partial charge in [-0.05, 0) is 5.56 Å². The molecule has 0 fully saturated rings. The number of nitrogens with zero attached hydrogens (tertiary/aromatic N) is 2. The molecular weight excluding hydrogens is 203 g/mol. The Kier molecular flexibility index (Phi) is 1.92. The van der Waals surface area contributed by atoms with Gasteiger partial charge in [0, 0.05) is 13.1 Å². The predicted octanol–water partition coefficient (Wildman–Crippen LogP) is 1.25. The van der Waals surface area contributed by atoms with Crippen molar-refractivity contribution in [2.75, 3.05) is 11.9 Å². The van der Waals surface area contributed by atoms with Gasteiger partial charge in [-0.25, -0.2) is 4.39 Å². The summed E-state index contributed by atoms with van der Waals surface area (Å²) in [5.41, 5.74) is 0.189. The van der Waals surface area contributed by atoms with E-state index in [1.165, 1.54) is 18.0 Å². The van der Waals surface area contributed by atoms with Crippen molar-refractivity contribution in [1.29, 1.82) is 0 Å². The molecule has 0 aliphatic carbocycles. The summed E-state index contributed by atoms with van der Waals surface area (Å²) in [6.07, 6.45) is 0.0183. The average molecular weight is 210 g/mol. The highest BCUT2D eigenvalue weighted by atomic mass is 19.1. The van der Waals surface area contributed by atoms with E-state index in [-0.39, 0.29) is 23.7 Å². The maximum Gasteiger partial charge on any atom is 0.272 e. The van der Waals surface area contributed by atoms with Crippen LogP contribution in [0.1, 0.15) is 5.56 Å². The number of nitro groups is 1. The topological polar surface area (TPSA) is 63.5 Å². The zero-order chi connectivity index (χ0) is 11.2. The molecule has 6 heteroatoms. The van der Waals surface area contributed by atoms with Gasteiger partial charge in [0.25, 0.3) is 5.69 Å². The Labute approximate surface area is 84.3 Å². The first-order valence-corrected chi connectivity index (χ1v) is 4.24. The summed E-state index contributed by atoms with van der Waals surface area (Å²) >= 11 is 0. The third-order valence-corrected chi connectivity index (χ3v) is 2.39. The number of non-ortho nitro benzene ring substituents is 1.